The van der Waals surface area contributed by atoms with Crippen LogP contribution in [-0.4, -0.2) is 78.0 Å². The summed E-state index contributed by atoms with van der Waals surface area (Å²) in [5, 5.41) is 11.9. The van der Waals surface area contributed by atoms with Gasteiger partial charge in [-0.2, -0.15) is 0 Å². The highest BCUT2D eigenvalue weighted by atomic mass is 16.2. The van der Waals surface area contributed by atoms with Crippen LogP contribution in [0.5, 0.6) is 0 Å². The molecule has 0 saturated carbocycles. The van der Waals surface area contributed by atoms with Gasteiger partial charge in [0.05, 0.1) is 19.3 Å². The first-order valence-electron chi connectivity index (χ1n) is 12.1. The Kier molecular flexibility index (Phi) is 12.6. The number of nitrogens with one attached hydrogen (secondary N) is 5. The van der Waals surface area contributed by atoms with E-state index in [1.165, 1.54) is 0 Å². The van der Waals surface area contributed by atoms with Crippen molar-refractivity contribution >= 4 is 47.3 Å². The largest absolute Gasteiger partial charge is 0.370 e. The van der Waals surface area contributed by atoms with Crippen molar-refractivity contribution in [3.05, 3.63) is 0 Å². The standard InChI is InChI=1S/C22H36N8O8/c1-3-10(2)18-22(38)29-13(9-16(25)33)21(37)28-12(8-15(24)32)20(36)27-11(7-14(23)31)19(35)26-6-4-5-17(34)30-18/h10-13,18H,3-9H2,1-2H3,(H2,23,31)(H2,24,32)(H2,25,33)(H,26,35)(H,27,36)(H,28,37)(H,29,38)(H,30,34)/t10-,11+,12+,13+,18+/m1/s1. The van der Waals surface area contributed by atoms with Gasteiger partial charge in [0.1, 0.15) is 24.2 Å². The zero-order valence-electron chi connectivity index (χ0n) is 21.3. The molecule has 1 heterocycles. The maximum atomic E-state index is 13.0. The molecule has 0 radical (unpaired) electrons. The molecule has 1 rings (SSSR count). The second kappa shape index (κ2) is 15.1. The third kappa shape index (κ3) is 10.8. The van der Waals surface area contributed by atoms with Crippen LogP contribution in [0.3, 0.4) is 0 Å². The van der Waals surface area contributed by atoms with Crippen LogP contribution >= 0.6 is 0 Å². The molecule has 38 heavy (non-hydrogen) atoms. The first-order chi connectivity index (χ1) is 17.7. The van der Waals surface area contributed by atoms with E-state index < -0.39 is 90.7 Å². The first-order valence-corrected chi connectivity index (χ1v) is 12.1. The van der Waals surface area contributed by atoms with Gasteiger partial charge in [-0.15, -0.1) is 0 Å². The van der Waals surface area contributed by atoms with Crippen LogP contribution in [0.1, 0.15) is 52.4 Å². The minimum Gasteiger partial charge on any atom is -0.370 e. The van der Waals surface area contributed by atoms with Gasteiger partial charge in [-0.05, 0) is 12.3 Å². The predicted molar refractivity (Wildman–Crippen MR) is 131 cm³/mol. The van der Waals surface area contributed by atoms with Gasteiger partial charge < -0.3 is 43.8 Å². The highest BCUT2D eigenvalue weighted by Crippen LogP contribution is 2.10. The molecule has 0 aromatic carbocycles. The number of rotatable bonds is 8. The van der Waals surface area contributed by atoms with Gasteiger partial charge in [-0.1, -0.05) is 20.3 Å². The Hall–Kier alpha value is -4.24. The van der Waals surface area contributed by atoms with Crippen molar-refractivity contribution in [3.63, 3.8) is 0 Å². The highest BCUT2D eigenvalue weighted by Gasteiger charge is 2.34. The minimum atomic E-state index is -1.64. The summed E-state index contributed by atoms with van der Waals surface area (Å²) in [6.07, 6.45) is -1.45. The summed E-state index contributed by atoms with van der Waals surface area (Å²) in [5.74, 6) is -7.46. The van der Waals surface area contributed by atoms with Gasteiger partial charge in [-0.25, -0.2) is 0 Å². The fourth-order valence-electron chi connectivity index (χ4n) is 3.57. The molecule has 16 heteroatoms. The van der Waals surface area contributed by atoms with Crippen molar-refractivity contribution in [2.75, 3.05) is 6.54 Å². The topological polar surface area (TPSA) is 275 Å². The van der Waals surface area contributed by atoms with E-state index in [1.807, 2.05) is 0 Å². The van der Waals surface area contributed by atoms with Gasteiger partial charge in [-0.3, -0.25) is 38.4 Å². The molecular weight excluding hydrogens is 504 g/mol. The molecule has 1 aliphatic heterocycles. The lowest BCUT2D eigenvalue weighted by Gasteiger charge is -2.27. The van der Waals surface area contributed by atoms with E-state index in [0.29, 0.717) is 6.42 Å². The normalized spacial score (nSPS) is 24.9. The number of hydrogen-bond acceptors (Lipinski definition) is 8. The van der Waals surface area contributed by atoms with E-state index >= 15 is 0 Å². The average Bonchev–Trinajstić information content (AvgIpc) is 2.81. The predicted octanol–water partition coefficient (Wildman–Crippen LogP) is -4.49. The second-order valence-electron chi connectivity index (χ2n) is 9.02. The molecule has 0 aromatic heterocycles. The number of hydrogen-bond donors (Lipinski definition) is 8. The lowest BCUT2D eigenvalue weighted by molar-refractivity contribution is -0.137. The number of nitrogens with two attached hydrogens (primary N) is 3. The number of amides is 8. The first kappa shape index (κ1) is 31.8. The Morgan fingerprint density at radius 3 is 1.58 bits per heavy atom. The van der Waals surface area contributed by atoms with E-state index in [4.69, 9.17) is 17.2 Å². The van der Waals surface area contributed by atoms with Gasteiger partial charge in [0, 0.05) is 13.0 Å². The summed E-state index contributed by atoms with van der Waals surface area (Å²) >= 11 is 0. The van der Waals surface area contributed by atoms with Crippen molar-refractivity contribution in [3.8, 4) is 0 Å². The molecule has 16 nitrogen and oxygen atoms in total. The van der Waals surface area contributed by atoms with Gasteiger partial charge in [0.15, 0.2) is 0 Å². The molecule has 11 N–H and O–H groups in total. The van der Waals surface area contributed by atoms with E-state index in [2.05, 4.69) is 26.6 Å². The molecule has 0 aliphatic carbocycles. The highest BCUT2D eigenvalue weighted by molar-refractivity contribution is 5.99. The summed E-state index contributed by atoms with van der Waals surface area (Å²) in [7, 11) is 0. The van der Waals surface area contributed by atoms with Gasteiger partial charge >= 0.3 is 0 Å². The molecule has 0 bridgehead atoms. The van der Waals surface area contributed by atoms with E-state index in [0.717, 1.165) is 0 Å². The molecule has 0 aromatic rings. The molecule has 0 spiro atoms. The fourth-order valence-corrected chi connectivity index (χ4v) is 3.57. The van der Waals surface area contributed by atoms with E-state index in [1.54, 1.807) is 13.8 Å². The van der Waals surface area contributed by atoms with Crippen molar-refractivity contribution in [2.45, 2.75) is 76.5 Å². The average molecular weight is 541 g/mol. The molecule has 1 aliphatic rings. The zero-order valence-corrected chi connectivity index (χ0v) is 21.3. The van der Waals surface area contributed by atoms with Crippen molar-refractivity contribution in [1.82, 2.24) is 26.6 Å². The second-order valence-corrected chi connectivity index (χ2v) is 9.02. The van der Waals surface area contributed by atoms with E-state index in [-0.39, 0.29) is 25.3 Å². The number of primary amides is 3. The zero-order chi connectivity index (χ0) is 29.0. The lowest BCUT2D eigenvalue weighted by Crippen LogP contribution is -2.60. The third-order valence-corrected chi connectivity index (χ3v) is 5.81. The quantitative estimate of drug-likeness (QED) is 0.148. The maximum absolute atomic E-state index is 13.0. The molecular formula is C22H36N8O8. The van der Waals surface area contributed by atoms with Crippen LogP contribution in [0.2, 0.25) is 0 Å². The van der Waals surface area contributed by atoms with Crippen LogP contribution in [0.4, 0.5) is 0 Å². The van der Waals surface area contributed by atoms with Crippen LogP contribution in [0.25, 0.3) is 0 Å². The molecule has 0 unspecified atom stereocenters. The summed E-state index contributed by atoms with van der Waals surface area (Å²) in [4.78, 5) is 98.7. The van der Waals surface area contributed by atoms with E-state index in [9.17, 15) is 38.4 Å². The summed E-state index contributed by atoms with van der Waals surface area (Å²) in [5.41, 5.74) is 15.6. The Labute approximate surface area is 218 Å². The van der Waals surface area contributed by atoms with Gasteiger partial charge in [0.2, 0.25) is 47.3 Å². The fraction of sp³-hybridized carbons (Fsp3) is 0.636. The molecule has 5 atom stereocenters. The monoisotopic (exact) mass is 540 g/mol. The molecule has 1 fully saturated rings. The smallest absolute Gasteiger partial charge is 0.243 e. The van der Waals surface area contributed by atoms with Crippen LogP contribution in [-0.2, 0) is 38.4 Å². The SMILES string of the molecule is CC[C@@H](C)[C@@H]1NC(=O)CCCNC(=O)[C@H](CC(N)=O)NC(=O)[C@H](CC(N)=O)NC(=O)[C@H](CC(N)=O)NC1=O. The van der Waals surface area contributed by atoms with Crippen molar-refractivity contribution in [2.24, 2.45) is 23.1 Å². The van der Waals surface area contributed by atoms with Crippen LogP contribution < -0.4 is 43.8 Å². The number of carbonyl (C=O) groups is 8. The molecule has 1 saturated heterocycles. The Balaban J connectivity index is 3.42. The van der Waals surface area contributed by atoms with Crippen molar-refractivity contribution in [1.29, 1.82) is 0 Å². The third-order valence-electron chi connectivity index (χ3n) is 5.81. The molecule has 8 amide bonds. The number of carbonyl (C=O) groups excluding carboxylic acids is 8. The van der Waals surface area contributed by atoms with Crippen LogP contribution in [0, 0.1) is 5.92 Å². The Morgan fingerprint density at radius 2 is 1.16 bits per heavy atom. The Morgan fingerprint density at radius 1 is 0.737 bits per heavy atom. The minimum absolute atomic E-state index is 0.0142. The Bertz CT molecular complexity index is 956. The molecule has 212 valence electrons. The summed E-state index contributed by atoms with van der Waals surface area (Å²) in [6, 6.07) is -5.76. The summed E-state index contributed by atoms with van der Waals surface area (Å²) in [6.45, 7) is 3.47. The summed E-state index contributed by atoms with van der Waals surface area (Å²) < 4.78 is 0. The van der Waals surface area contributed by atoms with Gasteiger partial charge in [0.25, 0.3) is 0 Å². The van der Waals surface area contributed by atoms with Crippen molar-refractivity contribution < 1.29 is 38.4 Å². The lowest BCUT2D eigenvalue weighted by atomic mass is 9.97. The van der Waals surface area contributed by atoms with Crippen LogP contribution in [0.15, 0.2) is 0 Å². The maximum Gasteiger partial charge on any atom is 0.243 e.